The summed E-state index contributed by atoms with van der Waals surface area (Å²) in [5.74, 6) is 0. The van der Waals surface area contributed by atoms with Crippen molar-refractivity contribution >= 4 is 10.9 Å². The molecule has 0 saturated heterocycles. The first-order valence-electron chi connectivity index (χ1n) is 7.04. The molecule has 3 heteroatoms. The van der Waals surface area contributed by atoms with E-state index in [1.807, 2.05) is 18.3 Å². The molecule has 3 rings (SSSR count). The summed E-state index contributed by atoms with van der Waals surface area (Å²) >= 11 is 0. The Hall–Kier alpha value is -2.13. The first-order valence-corrected chi connectivity index (χ1v) is 7.04. The number of aromatic nitrogens is 2. The molecule has 20 heavy (non-hydrogen) atoms. The van der Waals surface area contributed by atoms with E-state index < -0.39 is 0 Å². The van der Waals surface area contributed by atoms with Crippen LogP contribution in [0.25, 0.3) is 10.9 Å². The van der Waals surface area contributed by atoms with Gasteiger partial charge in [0.15, 0.2) is 0 Å². The number of nitrogens with one attached hydrogen (secondary N) is 2. The van der Waals surface area contributed by atoms with Gasteiger partial charge in [-0.3, -0.25) is 4.98 Å². The fraction of sp³-hybridized carbons (Fsp3) is 0.235. The lowest BCUT2D eigenvalue weighted by Crippen LogP contribution is -2.22. The largest absolute Gasteiger partial charge is 0.361 e. The fourth-order valence-corrected chi connectivity index (χ4v) is 2.50. The van der Waals surface area contributed by atoms with Gasteiger partial charge in [0, 0.05) is 29.3 Å². The molecule has 0 bridgehead atoms. The normalized spacial score (nSPS) is 12.7. The molecule has 3 aromatic rings. The van der Waals surface area contributed by atoms with E-state index in [2.05, 4.69) is 58.7 Å². The van der Waals surface area contributed by atoms with Gasteiger partial charge in [0.2, 0.25) is 0 Å². The number of fused-ring (bicyclic) bond motifs is 1. The highest BCUT2D eigenvalue weighted by Gasteiger charge is 2.06. The summed E-state index contributed by atoms with van der Waals surface area (Å²) in [4.78, 5) is 7.69. The zero-order valence-corrected chi connectivity index (χ0v) is 11.6. The molecule has 1 unspecified atom stereocenters. The second-order valence-corrected chi connectivity index (χ2v) is 5.04. The average molecular weight is 265 g/mol. The van der Waals surface area contributed by atoms with Crippen LogP contribution in [-0.2, 0) is 6.42 Å². The van der Waals surface area contributed by atoms with Crippen LogP contribution in [0.5, 0.6) is 0 Å². The monoisotopic (exact) mass is 265 g/mol. The van der Waals surface area contributed by atoms with Gasteiger partial charge in [0.25, 0.3) is 0 Å². The van der Waals surface area contributed by atoms with E-state index in [0.29, 0.717) is 0 Å². The lowest BCUT2D eigenvalue weighted by atomic mass is 10.1. The minimum Gasteiger partial charge on any atom is -0.361 e. The Labute approximate surface area is 119 Å². The van der Waals surface area contributed by atoms with Crippen LogP contribution >= 0.6 is 0 Å². The molecule has 2 N–H and O–H groups in total. The molecule has 0 aliphatic carbocycles. The number of hydrogen-bond acceptors (Lipinski definition) is 2. The van der Waals surface area contributed by atoms with Gasteiger partial charge in [-0.1, -0.05) is 24.3 Å². The topological polar surface area (TPSA) is 40.7 Å². The summed E-state index contributed by atoms with van der Waals surface area (Å²) < 4.78 is 0. The van der Waals surface area contributed by atoms with Crippen LogP contribution in [0.1, 0.15) is 24.2 Å². The summed E-state index contributed by atoms with van der Waals surface area (Å²) in [6, 6.07) is 14.7. The standard InChI is InChI=1S/C17H19N3/c1-13(16-7-4-5-10-19-16)18-11-9-14-12-20-17-8-3-2-6-15(14)17/h2-8,10,12-13,18,20H,9,11H2,1H3. The van der Waals surface area contributed by atoms with Crippen molar-refractivity contribution in [1.82, 2.24) is 15.3 Å². The van der Waals surface area contributed by atoms with Gasteiger partial charge in [0.1, 0.15) is 0 Å². The molecule has 1 aromatic carbocycles. The van der Waals surface area contributed by atoms with Crippen LogP contribution in [0.4, 0.5) is 0 Å². The Kier molecular flexibility index (Phi) is 3.79. The highest BCUT2D eigenvalue weighted by molar-refractivity contribution is 5.83. The number of aromatic amines is 1. The van der Waals surface area contributed by atoms with Gasteiger partial charge in [0.05, 0.1) is 5.69 Å². The van der Waals surface area contributed by atoms with Crippen molar-refractivity contribution in [2.24, 2.45) is 0 Å². The Balaban J connectivity index is 1.60. The third-order valence-electron chi connectivity index (χ3n) is 3.65. The number of para-hydroxylation sites is 1. The highest BCUT2D eigenvalue weighted by atomic mass is 14.9. The van der Waals surface area contributed by atoms with Crippen LogP contribution < -0.4 is 5.32 Å². The van der Waals surface area contributed by atoms with Crippen molar-refractivity contribution in [2.75, 3.05) is 6.54 Å². The number of rotatable bonds is 5. The zero-order chi connectivity index (χ0) is 13.8. The van der Waals surface area contributed by atoms with Gasteiger partial charge >= 0.3 is 0 Å². The number of hydrogen-bond donors (Lipinski definition) is 2. The summed E-state index contributed by atoms with van der Waals surface area (Å²) in [5.41, 5.74) is 3.66. The Bertz CT molecular complexity index is 673. The van der Waals surface area contributed by atoms with E-state index in [4.69, 9.17) is 0 Å². The smallest absolute Gasteiger partial charge is 0.0570 e. The molecular weight excluding hydrogens is 246 g/mol. The van der Waals surface area contributed by atoms with Crippen LogP contribution in [0.3, 0.4) is 0 Å². The molecule has 0 amide bonds. The molecule has 102 valence electrons. The summed E-state index contributed by atoms with van der Waals surface area (Å²) in [5, 5.41) is 4.84. The van der Waals surface area contributed by atoms with Crippen molar-refractivity contribution < 1.29 is 0 Å². The van der Waals surface area contributed by atoms with E-state index >= 15 is 0 Å². The number of H-pyrrole nitrogens is 1. The van der Waals surface area contributed by atoms with Crippen LogP contribution in [0.2, 0.25) is 0 Å². The molecular formula is C17H19N3. The molecule has 1 atom stereocenters. The number of nitrogens with zero attached hydrogens (tertiary/aromatic N) is 1. The maximum Gasteiger partial charge on any atom is 0.0570 e. The third kappa shape index (κ3) is 2.73. The second kappa shape index (κ2) is 5.88. The Morgan fingerprint density at radius 2 is 2.00 bits per heavy atom. The van der Waals surface area contributed by atoms with Gasteiger partial charge in [-0.05, 0) is 43.7 Å². The van der Waals surface area contributed by atoms with Crippen molar-refractivity contribution in [1.29, 1.82) is 0 Å². The van der Waals surface area contributed by atoms with E-state index in [1.165, 1.54) is 16.5 Å². The fourth-order valence-electron chi connectivity index (χ4n) is 2.50. The van der Waals surface area contributed by atoms with E-state index in [0.717, 1.165) is 18.7 Å². The zero-order valence-electron chi connectivity index (χ0n) is 11.6. The SMILES string of the molecule is CC(NCCc1c[nH]c2ccccc12)c1ccccn1. The van der Waals surface area contributed by atoms with Gasteiger partial charge < -0.3 is 10.3 Å². The van der Waals surface area contributed by atoms with Gasteiger partial charge in [-0.15, -0.1) is 0 Å². The first-order chi connectivity index (χ1) is 9.84. The highest BCUT2D eigenvalue weighted by Crippen LogP contribution is 2.18. The summed E-state index contributed by atoms with van der Waals surface area (Å²) in [6.45, 7) is 3.09. The molecule has 0 radical (unpaired) electrons. The number of pyridine rings is 1. The summed E-state index contributed by atoms with van der Waals surface area (Å²) in [6.07, 6.45) is 4.96. The molecule has 0 saturated carbocycles. The third-order valence-corrected chi connectivity index (χ3v) is 3.65. The van der Waals surface area contributed by atoms with Gasteiger partial charge in [-0.2, -0.15) is 0 Å². The van der Waals surface area contributed by atoms with E-state index in [1.54, 1.807) is 0 Å². The lowest BCUT2D eigenvalue weighted by molar-refractivity contribution is 0.565. The molecule has 0 fully saturated rings. The van der Waals surface area contributed by atoms with Crippen LogP contribution in [-0.4, -0.2) is 16.5 Å². The predicted molar refractivity (Wildman–Crippen MR) is 82.7 cm³/mol. The first kappa shape index (κ1) is 12.9. The number of benzene rings is 1. The Morgan fingerprint density at radius 3 is 2.85 bits per heavy atom. The molecule has 3 nitrogen and oxygen atoms in total. The molecule has 2 aromatic heterocycles. The minimum absolute atomic E-state index is 0.279. The maximum absolute atomic E-state index is 4.38. The molecule has 0 aliphatic heterocycles. The van der Waals surface area contributed by atoms with Crippen molar-refractivity contribution in [3.63, 3.8) is 0 Å². The summed E-state index contributed by atoms with van der Waals surface area (Å²) in [7, 11) is 0. The average Bonchev–Trinajstić information content (AvgIpc) is 2.92. The van der Waals surface area contributed by atoms with Crippen molar-refractivity contribution in [3.05, 3.63) is 66.1 Å². The van der Waals surface area contributed by atoms with Crippen molar-refractivity contribution in [3.8, 4) is 0 Å². The second-order valence-electron chi connectivity index (χ2n) is 5.04. The predicted octanol–water partition coefficient (Wildman–Crippen LogP) is 3.46. The van der Waals surface area contributed by atoms with Crippen molar-refractivity contribution in [2.45, 2.75) is 19.4 Å². The van der Waals surface area contributed by atoms with Crippen LogP contribution in [0.15, 0.2) is 54.9 Å². The Morgan fingerprint density at radius 1 is 1.15 bits per heavy atom. The maximum atomic E-state index is 4.38. The minimum atomic E-state index is 0.279. The molecule has 2 heterocycles. The van der Waals surface area contributed by atoms with E-state index in [9.17, 15) is 0 Å². The quantitative estimate of drug-likeness (QED) is 0.741. The van der Waals surface area contributed by atoms with Gasteiger partial charge in [-0.25, -0.2) is 0 Å². The molecule has 0 aliphatic rings. The van der Waals surface area contributed by atoms with Crippen LogP contribution in [0, 0.1) is 0 Å². The lowest BCUT2D eigenvalue weighted by Gasteiger charge is -2.12. The molecule has 0 spiro atoms. The van der Waals surface area contributed by atoms with E-state index in [-0.39, 0.29) is 6.04 Å².